The molecule has 0 unspecified atom stereocenters. The van der Waals surface area contributed by atoms with Crippen LogP contribution in [0.1, 0.15) is 29.5 Å². The quantitative estimate of drug-likeness (QED) is 0.725. The minimum absolute atomic E-state index is 0.243. The van der Waals surface area contributed by atoms with Crippen LogP contribution in [0.3, 0.4) is 0 Å². The highest BCUT2D eigenvalue weighted by molar-refractivity contribution is 5.79. The van der Waals surface area contributed by atoms with Crippen LogP contribution in [-0.2, 0) is 20.7 Å². The van der Waals surface area contributed by atoms with Crippen LogP contribution in [0.15, 0.2) is 18.2 Å². The van der Waals surface area contributed by atoms with Crippen LogP contribution in [0.25, 0.3) is 0 Å². The highest BCUT2D eigenvalue weighted by Crippen LogP contribution is 2.19. The lowest BCUT2D eigenvalue weighted by Gasteiger charge is -2.32. The highest BCUT2D eigenvalue weighted by Gasteiger charge is 2.22. The summed E-state index contributed by atoms with van der Waals surface area (Å²) < 4.78 is 10.6. The molecule has 1 aliphatic heterocycles. The summed E-state index contributed by atoms with van der Waals surface area (Å²) in [5, 5.41) is 0. The molecule has 0 atom stereocenters. The average molecular weight is 319 g/mol. The van der Waals surface area contributed by atoms with Gasteiger partial charge in [-0.1, -0.05) is 18.2 Å². The summed E-state index contributed by atoms with van der Waals surface area (Å²) in [6.07, 6.45) is 2.58. The maximum atomic E-state index is 12.4. The number of hydrogen-bond acceptors (Lipinski definition) is 3. The summed E-state index contributed by atoms with van der Waals surface area (Å²) >= 11 is 0. The van der Waals surface area contributed by atoms with E-state index in [0.717, 1.165) is 38.1 Å². The fourth-order valence-electron chi connectivity index (χ4n) is 2.94. The number of methoxy groups -OCH3 is 1. The molecular formula is C19H29NO3. The third-order valence-corrected chi connectivity index (χ3v) is 4.68. The van der Waals surface area contributed by atoms with Crippen molar-refractivity contribution in [2.24, 2.45) is 5.92 Å². The Hall–Kier alpha value is -1.39. The van der Waals surface area contributed by atoms with Crippen LogP contribution in [-0.4, -0.2) is 50.8 Å². The van der Waals surface area contributed by atoms with Gasteiger partial charge in [-0.15, -0.1) is 0 Å². The van der Waals surface area contributed by atoms with Gasteiger partial charge >= 0.3 is 0 Å². The number of rotatable bonds is 7. The van der Waals surface area contributed by atoms with Gasteiger partial charge in [0.2, 0.25) is 5.91 Å². The Labute approximate surface area is 139 Å². The van der Waals surface area contributed by atoms with Crippen molar-refractivity contribution in [2.75, 3.05) is 40.0 Å². The number of benzene rings is 1. The molecule has 1 aliphatic rings. The molecule has 1 fully saturated rings. The Bertz CT molecular complexity index is 507. The molecule has 1 aromatic carbocycles. The van der Waals surface area contributed by atoms with Crippen LogP contribution in [0.5, 0.6) is 0 Å². The van der Waals surface area contributed by atoms with Crippen molar-refractivity contribution in [1.82, 2.24) is 4.90 Å². The van der Waals surface area contributed by atoms with Crippen molar-refractivity contribution < 1.29 is 14.3 Å². The number of carbonyl (C=O) groups excluding carboxylic acids is 1. The summed E-state index contributed by atoms with van der Waals surface area (Å²) in [6, 6.07) is 6.29. The number of piperidine rings is 1. The molecule has 1 aromatic rings. The Kier molecular flexibility index (Phi) is 7.06. The number of likely N-dealkylation sites (tertiary alicyclic amines) is 1. The van der Waals surface area contributed by atoms with Gasteiger partial charge in [-0.3, -0.25) is 4.79 Å². The van der Waals surface area contributed by atoms with E-state index in [1.165, 1.54) is 11.1 Å². The second-order valence-electron chi connectivity index (χ2n) is 6.49. The Balaban J connectivity index is 1.74. The molecule has 1 heterocycles. The highest BCUT2D eigenvalue weighted by atomic mass is 16.5. The molecule has 2 rings (SSSR count). The topological polar surface area (TPSA) is 38.8 Å². The molecule has 1 amide bonds. The van der Waals surface area contributed by atoms with Gasteiger partial charge < -0.3 is 14.4 Å². The molecule has 23 heavy (non-hydrogen) atoms. The molecule has 1 saturated heterocycles. The lowest BCUT2D eigenvalue weighted by Crippen LogP contribution is -2.40. The number of aryl methyl sites for hydroxylation is 2. The molecule has 0 spiro atoms. The van der Waals surface area contributed by atoms with E-state index in [1.807, 2.05) is 4.90 Å². The molecular weight excluding hydrogens is 290 g/mol. The second-order valence-corrected chi connectivity index (χ2v) is 6.49. The first-order valence-corrected chi connectivity index (χ1v) is 8.50. The Morgan fingerprint density at radius 1 is 1.17 bits per heavy atom. The van der Waals surface area contributed by atoms with Crippen molar-refractivity contribution >= 4 is 5.91 Å². The van der Waals surface area contributed by atoms with E-state index < -0.39 is 0 Å². The molecule has 4 heteroatoms. The number of nitrogens with zero attached hydrogens (tertiary/aromatic N) is 1. The first kappa shape index (κ1) is 18.0. The summed E-state index contributed by atoms with van der Waals surface area (Å²) in [5.41, 5.74) is 3.64. The van der Waals surface area contributed by atoms with Gasteiger partial charge in [-0.05, 0) is 49.3 Å². The summed E-state index contributed by atoms with van der Waals surface area (Å²) in [4.78, 5) is 14.4. The predicted octanol–water partition coefficient (Wildman–Crippen LogP) is 2.75. The van der Waals surface area contributed by atoms with Crippen LogP contribution < -0.4 is 0 Å². The van der Waals surface area contributed by atoms with E-state index in [2.05, 4.69) is 32.0 Å². The maximum absolute atomic E-state index is 12.4. The number of amides is 1. The van der Waals surface area contributed by atoms with Crippen molar-refractivity contribution in [2.45, 2.75) is 33.1 Å². The number of ether oxygens (including phenoxy) is 2. The van der Waals surface area contributed by atoms with Gasteiger partial charge in [0.15, 0.2) is 0 Å². The third-order valence-electron chi connectivity index (χ3n) is 4.68. The van der Waals surface area contributed by atoms with Crippen LogP contribution in [0.2, 0.25) is 0 Å². The zero-order valence-electron chi connectivity index (χ0n) is 14.6. The van der Waals surface area contributed by atoms with E-state index in [0.29, 0.717) is 25.6 Å². The zero-order chi connectivity index (χ0) is 16.7. The predicted molar refractivity (Wildman–Crippen MR) is 91.6 cm³/mol. The third kappa shape index (κ3) is 5.63. The molecule has 128 valence electrons. The fourth-order valence-corrected chi connectivity index (χ4v) is 2.94. The van der Waals surface area contributed by atoms with Crippen LogP contribution >= 0.6 is 0 Å². The smallest absolute Gasteiger partial charge is 0.226 e. The minimum Gasteiger partial charge on any atom is -0.382 e. The van der Waals surface area contributed by atoms with Gasteiger partial charge in [0, 0.05) is 26.8 Å². The molecule has 4 nitrogen and oxygen atoms in total. The Morgan fingerprint density at radius 2 is 1.91 bits per heavy atom. The number of carbonyl (C=O) groups is 1. The van der Waals surface area contributed by atoms with Gasteiger partial charge in [-0.25, -0.2) is 0 Å². The van der Waals surface area contributed by atoms with E-state index in [9.17, 15) is 4.79 Å². The minimum atomic E-state index is 0.243. The average Bonchev–Trinajstić information content (AvgIpc) is 2.55. The molecule has 0 saturated carbocycles. The molecule has 0 bridgehead atoms. The zero-order valence-corrected chi connectivity index (χ0v) is 14.6. The van der Waals surface area contributed by atoms with Gasteiger partial charge in [-0.2, -0.15) is 0 Å². The van der Waals surface area contributed by atoms with Crippen molar-refractivity contribution in [3.05, 3.63) is 34.9 Å². The standard InChI is InChI=1S/C19H29NO3/c1-15-4-5-18(12-16(15)2)13-19(21)20-8-6-17(7-9-20)14-23-11-10-22-3/h4-5,12,17H,6-11,13-14H2,1-3H3. The van der Waals surface area contributed by atoms with E-state index >= 15 is 0 Å². The van der Waals surface area contributed by atoms with Crippen molar-refractivity contribution in [3.8, 4) is 0 Å². The molecule has 0 aromatic heterocycles. The SMILES string of the molecule is COCCOCC1CCN(C(=O)Cc2ccc(C)c(C)c2)CC1. The monoisotopic (exact) mass is 319 g/mol. The summed E-state index contributed by atoms with van der Waals surface area (Å²) in [7, 11) is 1.68. The van der Waals surface area contributed by atoms with E-state index in [4.69, 9.17) is 9.47 Å². The van der Waals surface area contributed by atoms with Crippen LogP contribution in [0.4, 0.5) is 0 Å². The van der Waals surface area contributed by atoms with Gasteiger partial charge in [0.1, 0.15) is 0 Å². The molecule has 0 aliphatic carbocycles. The first-order valence-electron chi connectivity index (χ1n) is 8.50. The number of hydrogen-bond donors (Lipinski definition) is 0. The normalized spacial score (nSPS) is 15.9. The summed E-state index contributed by atoms with van der Waals surface area (Å²) in [5.74, 6) is 0.810. The van der Waals surface area contributed by atoms with Gasteiger partial charge in [0.25, 0.3) is 0 Å². The van der Waals surface area contributed by atoms with Crippen molar-refractivity contribution in [1.29, 1.82) is 0 Å². The lowest BCUT2D eigenvalue weighted by molar-refractivity contribution is -0.132. The Morgan fingerprint density at radius 3 is 2.57 bits per heavy atom. The molecule has 0 N–H and O–H groups in total. The largest absolute Gasteiger partial charge is 0.382 e. The fraction of sp³-hybridized carbons (Fsp3) is 0.632. The lowest BCUT2D eigenvalue weighted by atomic mass is 9.97. The van der Waals surface area contributed by atoms with Crippen LogP contribution in [0, 0.1) is 19.8 Å². The first-order chi connectivity index (χ1) is 11.1. The van der Waals surface area contributed by atoms with E-state index in [1.54, 1.807) is 7.11 Å². The maximum Gasteiger partial charge on any atom is 0.226 e. The summed E-state index contributed by atoms with van der Waals surface area (Å²) in [6.45, 7) is 7.97. The molecule has 0 radical (unpaired) electrons. The van der Waals surface area contributed by atoms with E-state index in [-0.39, 0.29) is 5.91 Å². The van der Waals surface area contributed by atoms with Gasteiger partial charge in [0.05, 0.1) is 19.6 Å². The second kappa shape index (κ2) is 9.04. The van der Waals surface area contributed by atoms with Crippen molar-refractivity contribution in [3.63, 3.8) is 0 Å².